The van der Waals surface area contributed by atoms with Crippen molar-refractivity contribution in [2.75, 3.05) is 13.7 Å². The van der Waals surface area contributed by atoms with Crippen LogP contribution in [-0.4, -0.2) is 23.4 Å². The number of hydrogen-bond acceptors (Lipinski definition) is 2. The van der Waals surface area contributed by atoms with Gasteiger partial charge in [-0.2, -0.15) is 0 Å². The molecule has 1 N–H and O–H groups in total. The van der Waals surface area contributed by atoms with Crippen molar-refractivity contribution in [2.45, 2.75) is 32.9 Å². The first-order chi connectivity index (χ1) is 9.10. The SMILES string of the molecule is CCc1ccc2c(c1)c(C(C)O)c(Cl)n2CCOC. The van der Waals surface area contributed by atoms with Crippen molar-refractivity contribution in [2.24, 2.45) is 0 Å². The van der Waals surface area contributed by atoms with Crippen molar-refractivity contribution in [1.29, 1.82) is 0 Å². The van der Waals surface area contributed by atoms with E-state index in [0.717, 1.165) is 22.9 Å². The van der Waals surface area contributed by atoms with E-state index in [-0.39, 0.29) is 0 Å². The number of fused-ring (bicyclic) bond motifs is 1. The Bertz CT molecular complexity index is 575. The molecule has 1 atom stereocenters. The molecule has 0 radical (unpaired) electrons. The van der Waals surface area contributed by atoms with Crippen LogP contribution >= 0.6 is 11.6 Å². The molecule has 19 heavy (non-hydrogen) atoms. The second-order valence-electron chi connectivity index (χ2n) is 4.73. The molecule has 1 heterocycles. The minimum absolute atomic E-state index is 0.578. The van der Waals surface area contributed by atoms with E-state index in [1.54, 1.807) is 14.0 Å². The monoisotopic (exact) mass is 281 g/mol. The van der Waals surface area contributed by atoms with Gasteiger partial charge in [-0.1, -0.05) is 24.6 Å². The normalized spacial score (nSPS) is 13.1. The summed E-state index contributed by atoms with van der Waals surface area (Å²) in [5, 5.41) is 11.6. The number of aromatic nitrogens is 1. The predicted molar refractivity (Wildman–Crippen MR) is 78.8 cm³/mol. The molecular weight excluding hydrogens is 262 g/mol. The summed E-state index contributed by atoms with van der Waals surface area (Å²) in [5.41, 5.74) is 3.10. The van der Waals surface area contributed by atoms with Crippen molar-refractivity contribution in [3.8, 4) is 0 Å². The van der Waals surface area contributed by atoms with Gasteiger partial charge in [-0.15, -0.1) is 0 Å². The first-order valence-corrected chi connectivity index (χ1v) is 6.95. The molecule has 2 aromatic rings. The lowest BCUT2D eigenvalue weighted by atomic mass is 10.1. The van der Waals surface area contributed by atoms with Gasteiger partial charge in [-0.25, -0.2) is 0 Å². The van der Waals surface area contributed by atoms with E-state index >= 15 is 0 Å². The molecule has 0 aliphatic rings. The van der Waals surface area contributed by atoms with E-state index in [4.69, 9.17) is 16.3 Å². The van der Waals surface area contributed by atoms with Gasteiger partial charge < -0.3 is 14.4 Å². The zero-order valence-electron chi connectivity index (χ0n) is 11.6. The van der Waals surface area contributed by atoms with Gasteiger partial charge in [0.15, 0.2) is 0 Å². The topological polar surface area (TPSA) is 34.4 Å². The van der Waals surface area contributed by atoms with Crippen molar-refractivity contribution in [3.05, 3.63) is 34.5 Å². The number of methoxy groups -OCH3 is 1. The van der Waals surface area contributed by atoms with Gasteiger partial charge in [0, 0.05) is 30.1 Å². The predicted octanol–water partition coefficient (Wildman–Crippen LogP) is 3.56. The van der Waals surface area contributed by atoms with E-state index in [2.05, 4.69) is 25.1 Å². The van der Waals surface area contributed by atoms with Gasteiger partial charge in [0.2, 0.25) is 0 Å². The highest BCUT2D eigenvalue weighted by atomic mass is 35.5. The molecule has 0 saturated heterocycles. The van der Waals surface area contributed by atoms with E-state index < -0.39 is 6.10 Å². The van der Waals surface area contributed by atoms with Gasteiger partial charge in [0.1, 0.15) is 5.15 Å². The van der Waals surface area contributed by atoms with Crippen LogP contribution in [0.15, 0.2) is 18.2 Å². The molecule has 0 amide bonds. The van der Waals surface area contributed by atoms with Crippen LogP contribution in [0.5, 0.6) is 0 Å². The van der Waals surface area contributed by atoms with Crippen LogP contribution in [-0.2, 0) is 17.7 Å². The number of nitrogens with zero attached hydrogens (tertiary/aromatic N) is 1. The van der Waals surface area contributed by atoms with Crippen molar-refractivity contribution >= 4 is 22.5 Å². The second-order valence-corrected chi connectivity index (χ2v) is 5.09. The fourth-order valence-corrected chi connectivity index (χ4v) is 2.85. The summed E-state index contributed by atoms with van der Waals surface area (Å²) in [5.74, 6) is 0. The Labute approximate surface area is 118 Å². The summed E-state index contributed by atoms with van der Waals surface area (Å²) < 4.78 is 7.12. The maximum atomic E-state index is 9.98. The van der Waals surface area contributed by atoms with Gasteiger partial charge in [-0.05, 0) is 31.0 Å². The van der Waals surface area contributed by atoms with Crippen LogP contribution in [0.2, 0.25) is 5.15 Å². The molecule has 0 bridgehead atoms. The Morgan fingerprint density at radius 2 is 2.16 bits per heavy atom. The second kappa shape index (κ2) is 5.95. The zero-order chi connectivity index (χ0) is 14.0. The standard InChI is InChI=1S/C15H20ClNO2/c1-4-11-5-6-13-12(9-11)14(10(2)18)15(16)17(13)7-8-19-3/h5-6,9-10,18H,4,7-8H2,1-3H3. The molecule has 104 valence electrons. The quantitative estimate of drug-likeness (QED) is 0.909. The minimum Gasteiger partial charge on any atom is -0.389 e. The Morgan fingerprint density at radius 3 is 2.74 bits per heavy atom. The lowest BCUT2D eigenvalue weighted by Gasteiger charge is -2.07. The minimum atomic E-state index is -0.578. The van der Waals surface area contributed by atoms with Crippen LogP contribution in [0.25, 0.3) is 10.9 Å². The first-order valence-electron chi connectivity index (χ1n) is 6.57. The molecule has 1 aromatic carbocycles. The highest BCUT2D eigenvalue weighted by Crippen LogP contribution is 2.35. The number of aryl methyl sites for hydroxylation is 1. The third-order valence-electron chi connectivity index (χ3n) is 3.45. The first kappa shape index (κ1) is 14.4. The maximum Gasteiger partial charge on any atom is 0.115 e. The van der Waals surface area contributed by atoms with Gasteiger partial charge in [0.05, 0.1) is 12.7 Å². The number of ether oxygens (including phenoxy) is 1. The smallest absolute Gasteiger partial charge is 0.115 e. The van der Waals surface area contributed by atoms with E-state index in [0.29, 0.717) is 18.3 Å². The number of aliphatic hydroxyl groups is 1. The number of rotatable bonds is 5. The van der Waals surface area contributed by atoms with Crippen LogP contribution in [0, 0.1) is 0 Å². The van der Waals surface area contributed by atoms with Crippen LogP contribution in [0.4, 0.5) is 0 Å². The molecule has 1 unspecified atom stereocenters. The van der Waals surface area contributed by atoms with Crippen molar-refractivity contribution < 1.29 is 9.84 Å². The van der Waals surface area contributed by atoms with Crippen LogP contribution < -0.4 is 0 Å². The number of benzene rings is 1. The summed E-state index contributed by atoms with van der Waals surface area (Å²) >= 11 is 6.43. The van der Waals surface area contributed by atoms with E-state index in [9.17, 15) is 5.11 Å². The molecule has 0 aliphatic carbocycles. The molecule has 0 spiro atoms. The molecule has 0 aliphatic heterocycles. The molecule has 2 rings (SSSR count). The van der Waals surface area contributed by atoms with Gasteiger partial charge in [-0.3, -0.25) is 0 Å². The Kier molecular flexibility index (Phi) is 4.50. The lowest BCUT2D eigenvalue weighted by Crippen LogP contribution is -2.04. The van der Waals surface area contributed by atoms with Crippen LogP contribution in [0.3, 0.4) is 0 Å². The zero-order valence-corrected chi connectivity index (χ0v) is 12.4. The molecular formula is C15H20ClNO2. The fraction of sp³-hybridized carbons (Fsp3) is 0.467. The summed E-state index contributed by atoms with van der Waals surface area (Å²) in [6.07, 6.45) is 0.390. The third-order valence-corrected chi connectivity index (χ3v) is 3.85. The van der Waals surface area contributed by atoms with Crippen LogP contribution in [0.1, 0.15) is 31.1 Å². The number of aliphatic hydroxyl groups excluding tert-OH is 1. The summed E-state index contributed by atoms with van der Waals surface area (Å²) in [7, 11) is 1.67. The molecule has 1 aromatic heterocycles. The number of halogens is 1. The maximum absolute atomic E-state index is 9.98. The Hall–Kier alpha value is -1.03. The summed E-state index contributed by atoms with van der Waals surface area (Å²) in [6.45, 7) is 5.15. The Morgan fingerprint density at radius 1 is 1.42 bits per heavy atom. The van der Waals surface area contributed by atoms with E-state index in [1.807, 2.05) is 4.57 Å². The van der Waals surface area contributed by atoms with Gasteiger partial charge in [0.25, 0.3) is 0 Å². The van der Waals surface area contributed by atoms with Gasteiger partial charge >= 0.3 is 0 Å². The number of hydrogen-bond donors (Lipinski definition) is 1. The molecule has 0 fully saturated rings. The van der Waals surface area contributed by atoms with Crippen molar-refractivity contribution in [1.82, 2.24) is 4.57 Å². The Balaban J connectivity index is 2.65. The fourth-order valence-electron chi connectivity index (χ4n) is 2.42. The summed E-state index contributed by atoms with van der Waals surface area (Å²) in [4.78, 5) is 0. The highest BCUT2D eigenvalue weighted by molar-refractivity contribution is 6.32. The lowest BCUT2D eigenvalue weighted by molar-refractivity contribution is 0.187. The van der Waals surface area contributed by atoms with Crippen molar-refractivity contribution in [3.63, 3.8) is 0 Å². The molecule has 3 nitrogen and oxygen atoms in total. The highest BCUT2D eigenvalue weighted by Gasteiger charge is 2.19. The van der Waals surface area contributed by atoms with E-state index in [1.165, 1.54) is 5.56 Å². The molecule has 4 heteroatoms. The third kappa shape index (κ3) is 2.64. The largest absolute Gasteiger partial charge is 0.389 e. The molecule has 0 saturated carbocycles. The average molecular weight is 282 g/mol. The summed E-state index contributed by atoms with van der Waals surface area (Å²) in [6, 6.07) is 6.29. The average Bonchev–Trinajstić information content (AvgIpc) is 2.67.